The molecule has 2 atom stereocenters. The normalized spacial score (nSPS) is 24.2. The lowest BCUT2D eigenvalue weighted by Crippen LogP contribution is -2.05. The number of carbonyl (C=O) groups excluding carboxylic acids is 1. The van der Waals surface area contributed by atoms with Gasteiger partial charge in [-0.3, -0.25) is 4.79 Å². The zero-order valence-corrected chi connectivity index (χ0v) is 8.71. The number of alkyl halides is 3. The average Bonchev–Trinajstić information content (AvgIpc) is 2.96. The lowest BCUT2D eigenvalue weighted by atomic mass is 10.0. The van der Waals surface area contributed by atoms with Gasteiger partial charge >= 0.3 is 6.18 Å². The smallest absolute Gasteiger partial charge is 0.300 e. The summed E-state index contributed by atoms with van der Waals surface area (Å²) >= 11 is 0. The van der Waals surface area contributed by atoms with E-state index in [4.69, 9.17) is 0 Å². The van der Waals surface area contributed by atoms with E-state index in [0.29, 0.717) is 12.0 Å². The summed E-state index contributed by atoms with van der Waals surface area (Å²) in [5.41, 5.74) is -0.0192. The first-order chi connectivity index (χ1) is 7.39. The number of ketones is 1. The van der Waals surface area contributed by atoms with Crippen molar-refractivity contribution in [2.24, 2.45) is 5.92 Å². The third-order valence-corrected chi connectivity index (χ3v) is 2.95. The van der Waals surface area contributed by atoms with Crippen molar-refractivity contribution >= 4 is 5.78 Å². The number of carbonyl (C=O) groups is 1. The van der Waals surface area contributed by atoms with Gasteiger partial charge < -0.3 is 0 Å². The maximum absolute atomic E-state index is 12.4. The Morgan fingerprint density at radius 2 is 2.06 bits per heavy atom. The predicted octanol–water partition coefficient (Wildman–Crippen LogP) is 3.40. The Bertz CT molecular complexity index is 423. The van der Waals surface area contributed by atoms with E-state index in [-0.39, 0.29) is 17.6 Å². The summed E-state index contributed by atoms with van der Waals surface area (Å²) in [5.74, 6) is -0.0364. The van der Waals surface area contributed by atoms with Crippen LogP contribution in [0, 0.1) is 5.92 Å². The van der Waals surface area contributed by atoms with E-state index in [1.807, 2.05) is 0 Å². The summed E-state index contributed by atoms with van der Waals surface area (Å²) < 4.78 is 37.3. The standard InChI is InChI=1S/C12H11F3O/c1-7(16)10-6-11(10)8-3-2-4-9(5-8)12(13,14)15/h2-5,10-11H,6H2,1H3/t10-,11+/m1/s1. The molecule has 1 aliphatic rings. The van der Waals surface area contributed by atoms with Crippen LogP contribution in [0.1, 0.15) is 30.4 Å². The first-order valence-electron chi connectivity index (χ1n) is 5.07. The Labute approximate surface area is 91.3 Å². The van der Waals surface area contributed by atoms with Gasteiger partial charge in [0.05, 0.1) is 5.56 Å². The van der Waals surface area contributed by atoms with Crippen LogP contribution in [-0.4, -0.2) is 5.78 Å². The maximum atomic E-state index is 12.4. The predicted molar refractivity (Wildman–Crippen MR) is 53.0 cm³/mol. The molecule has 4 heteroatoms. The number of halogens is 3. The lowest BCUT2D eigenvalue weighted by Gasteiger charge is -2.08. The molecular formula is C12H11F3O. The second-order valence-electron chi connectivity index (χ2n) is 4.18. The van der Waals surface area contributed by atoms with Gasteiger partial charge in [0.25, 0.3) is 0 Å². The van der Waals surface area contributed by atoms with Crippen molar-refractivity contribution in [1.29, 1.82) is 0 Å². The molecule has 0 heterocycles. The average molecular weight is 228 g/mol. The fourth-order valence-electron chi connectivity index (χ4n) is 1.96. The van der Waals surface area contributed by atoms with Gasteiger partial charge in [0, 0.05) is 5.92 Å². The van der Waals surface area contributed by atoms with Gasteiger partial charge in [-0.1, -0.05) is 18.2 Å². The van der Waals surface area contributed by atoms with Crippen LogP contribution in [0.5, 0.6) is 0 Å². The second-order valence-corrected chi connectivity index (χ2v) is 4.18. The van der Waals surface area contributed by atoms with Crippen molar-refractivity contribution < 1.29 is 18.0 Å². The summed E-state index contributed by atoms with van der Waals surface area (Å²) in [6.45, 7) is 1.48. The molecule has 0 bridgehead atoms. The molecular weight excluding hydrogens is 217 g/mol. The van der Waals surface area contributed by atoms with Gasteiger partial charge in [0.1, 0.15) is 5.78 Å². The molecule has 86 valence electrons. The SMILES string of the molecule is CC(=O)[C@H]1C[C@H]1c1cccc(C(F)(F)F)c1. The molecule has 0 radical (unpaired) electrons. The van der Waals surface area contributed by atoms with Crippen LogP contribution in [0.4, 0.5) is 13.2 Å². The minimum absolute atomic E-state index is 0.0141. The number of hydrogen-bond donors (Lipinski definition) is 0. The summed E-state index contributed by atoms with van der Waals surface area (Å²) in [7, 11) is 0. The highest BCUT2D eigenvalue weighted by Gasteiger charge is 2.42. The van der Waals surface area contributed by atoms with E-state index < -0.39 is 11.7 Å². The number of hydrogen-bond acceptors (Lipinski definition) is 1. The zero-order valence-electron chi connectivity index (χ0n) is 8.71. The Hall–Kier alpha value is -1.32. The Balaban J connectivity index is 2.22. The topological polar surface area (TPSA) is 17.1 Å². The molecule has 2 rings (SSSR count). The van der Waals surface area contributed by atoms with E-state index in [1.165, 1.54) is 13.0 Å². The van der Waals surface area contributed by atoms with Gasteiger partial charge in [0.15, 0.2) is 0 Å². The lowest BCUT2D eigenvalue weighted by molar-refractivity contribution is -0.137. The van der Waals surface area contributed by atoms with Crippen molar-refractivity contribution in [3.05, 3.63) is 35.4 Å². The fraction of sp³-hybridized carbons (Fsp3) is 0.417. The largest absolute Gasteiger partial charge is 0.416 e. The van der Waals surface area contributed by atoms with Crippen LogP contribution in [0.25, 0.3) is 0 Å². The van der Waals surface area contributed by atoms with Gasteiger partial charge in [0.2, 0.25) is 0 Å². The van der Waals surface area contributed by atoms with Gasteiger partial charge in [-0.2, -0.15) is 13.2 Å². The molecule has 0 spiro atoms. The Morgan fingerprint density at radius 3 is 2.56 bits per heavy atom. The molecule has 1 aromatic rings. The van der Waals surface area contributed by atoms with Crippen molar-refractivity contribution in [2.45, 2.75) is 25.4 Å². The van der Waals surface area contributed by atoms with Crippen LogP contribution in [0.3, 0.4) is 0 Å². The van der Waals surface area contributed by atoms with Crippen LogP contribution >= 0.6 is 0 Å². The molecule has 0 N–H and O–H groups in total. The van der Waals surface area contributed by atoms with Gasteiger partial charge in [-0.05, 0) is 30.9 Å². The summed E-state index contributed by atoms with van der Waals surface area (Å²) in [4.78, 5) is 11.0. The van der Waals surface area contributed by atoms with E-state index in [1.54, 1.807) is 6.07 Å². The minimum Gasteiger partial charge on any atom is -0.300 e. The minimum atomic E-state index is -4.31. The Kier molecular flexibility index (Phi) is 2.52. The van der Waals surface area contributed by atoms with Crippen molar-refractivity contribution in [2.75, 3.05) is 0 Å². The van der Waals surface area contributed by atoms with E-state index in [9.17, 15) is 18.0 Å². The second kappa shape index (κ2) is 3.61. The summed E-state index contributed by atoms with van der Waals surface area (Å²) in [6, 6.07) is 5.25. The fourth-order valence-corrected chi connectivity index (χ4v) is 1.96. The van der Waals surface area contributed by atoms with E-state index >= 15 is 0 Å². The first-order valence-corrected chi connectivity index (χ1v) is 5.07. The van der Waals surface area contributed by atoms with Crippen molar-refractivity contribution in [3.8, 4) is 0 Å². The van der Waals surface area contributed by atoms with Crippen LogP contribution in [-0.2, 0) is 11.0 Å². The highest BCUT2D eigenvalue weighted by atomic mass is 19.4. The van der Waals surface area contributed by atoms with E-state index in [0.717, 1.165) is 12.1 Å². The van der Waals surface area contributed by atoms with E-state index in [2.05, 4.69) is 0 Å². The molecule has 1 fully saturated rings. The highest BCUT2D eigenvalue weighted by molar-refractivity contribution is 5.82. The molecule has 0 aliphatic heterocycles. The molecule has 0 amide bonds. The van der Waals surface area contributed by atoms with Crippen molar-refractivity contribution in [1.82, 2.24) is 0 Å². The molecule has 0 saturated heterocycles. The number of rotatable bonds is 2. The highest BCUT2D eigenvalue weighted by Crippen LogP contribution is 2.48. The zero-order chi connectivity index (χ0) is 11.9. The molecule has 1 saturated carbocycles. The maximum Gasteiger partial charge on any atom is 0.416 e. The van der Waals surface area contributed by atoms with Gasteiger partial charge in [-0.25, -0.2) is 0 Å². The summed E-state index contributed by atoms with van der Waals surface area (Å²) in [5, 5.41) is 0. The van der Waals surface area contributed by atoms with Crippen LogP contribution in [0.2, 0.25) is 0 Å². The quantitative estimate of drug-likeness (QED) is 0.758. The molecule has 0 unspecified atom stereocenters. The molecule has 1 aliphatic carbocycles. The third-order valence-electron chi connectivity index (χ3n) is 2.95. The first kappa shape index (κ1) is 11.2. The van der Waals surface area contributed by atoms with Crippen LogP contribution < -0.4 is 0 Å². The number of Topliss-reactive ketones (excluding diaryl/α,β-unsaturated/α-hetero) is 1. The number of benzene rings is 1. The van der Waals surface area contributed by atoms with Crippen molar-refractivity contribution in [3.63, 3.8) is 0 Å². The Morgan fingerprint density at radius 1 is 1.38 bits per heavy atom. The third kappa shape index (κ3) is 2.10. The monoisotopic (exact) mass is 228 g/mol. The molecule has 1 nitrogen and oxygen atoms in total. The van der Waals surface area contributed by atoms with Crippen LogP contribution in [0.15, 0.2) is 24.3 Å². The molecule has 0 aromatic heterocycles. The van der Waals surface area contributed by atoms with Gasteiger partial charge in [-0.15, -0.1) is 0 Å². The summed E-state index contributed by atoms with van der Waals surface area (Å²) in [6.07, 6.45) is -3.63. The molecule has 16 heavy (non-hydrogen) atoms. The molecule has 1 aromatic carbocycles.